The number of carbonyl (C=O) groups excluding carboxylic acids is 2. The lowest BCUT2D eigenvalue weighted by Gasteiger charge is -2.31. The van der Waals surface area contributed by atoms with Crippen molar-refractivity contribution in [1.82, 2.24) is 10.6 Å². The molecule has 0 heterocycles. The highest BCUT2D eigenvalue weighted by Gasteiger charge is 2.38. The first-order chi connectivity index (χ1) is 16.3. The summed E-state index contributed by atoms with van der Waals surface area (Å²) >= 11 is 0. The van der Waals surface area contributed by atoms with Gasteiger partial charge in [0.15, 0.2) is 0 Å². The zero-order valence-corrected chi connectivity index (χ0v) is 20.1. The minimum atomic E-state index is -1.12. The summed E-state index contributed by atoms with van der Waals surface area (Å²) < 4.78 is 5.64. The summed E-state index contributed by atoms with van der Waals surface area (Å²) in [6.07, 6.45) is 0.752. The number of ether oxygens (including phenoxy) is 1. The van der Waals surface area contributed by atoms with Crippen LogP contribution in [0.2, 0.25) is 0 Å². The van der Waals surface area contributed by atoms with E-state index < -0.39 is 17.6 Å². The van der Waals surface area contributed by atoms with E-state index in [2.05, 4.69) is 34.9 Å². The number of amides is 2. The molecular formula is C27H34N2O5. The van der Waals surface area contributed by atoms with Gasteiger partial charge in [-0.15, -0.1) is 0 Å². The molecule has 1 aliphatic rings. The Balaban J connectivity index is 1.65. The number of nitrogens with one attached hydrogen (secondary N) is 2. The van der Waals surface area contributed by atoms with Crippen LogP contribution in [0.1, 0.15) is 63.5 Å². The number of carboxylic acids is 1. The van der Waals surface area contributed by atoms with Gasteiger partial charge in [0.1, 0.15) is 12.1 Å². The molecule has 1 atom stereocenters. The molecule has 3 N–H and O–H groups in total. The first-order valence-corrected chi connectivity index (χ1v) is 12.0. The van der Waals surface area contributed by atoms with Crippen molar-refractivity contribution < 1.29 is 24.2 Å². The third kappa shape index (κ3) is 5.41. The second-order valence-corrected chi connectivity index (χ2v) is 8.82. The summed E-state index contributed by atoms with van der Waals surface area (Å²) in [6, 6.07) is 16.2. The van der Waals surface area contributed by atoms with Gasteiger partial charge in [0.05, 0.1) is 0 Å². The molecule has 7 heteroatoms. The smallest absolute Gasteiger partial charge is 0.408 e. The molecule has 0 radical (unpaired) electrons. The number of benzene rings is 2. The molecule has 0 bridgehead atoms. The van der Waals surface area contributed by atoms with E-state index in [1.54, 1.807) is 0 Å². The third-order valence-electron chi connectivity index (χ3n) is 6.92. The van der Waals surface area contributed by atoms with Gasteiger partial charge in [0.25, 0.3) is 0 Å². The van der Waals surface area contributed by atoms with Crippen molar-refractivity contribution in [1.29, 1.82) is 0 Å². The molecule has 182 valence electrons. The van der Waals surface area contributed by atoms with Crippen LogP contribution in [-0.2, 0) is 14.3 Å². The highest BCUT2D eigenvalue weighted by atomic mass is 16.5. The van der Waals surface area contributed by atoms with E-state index in [-0.39, 0.29) is 37.3 Å². The predicted molar refractivity (Wildman–Crippen MR) is 131 cm³/mol. The first kappa shape index (κ1) is 25.3. The van der Waals surface area contributed by atoms with Crippen molar-refractivity contribution in [2.75, 3.05) is 13.2 Å². The van der Waals surface area contributed by atoms with E-state index in [0.29, 0.717) is 19.3 Å². The fourth-order valence-corrected chi connectivity index (χ4v) is 4.65. The molecule has 0 saturated heterocycles. The maximum atomic E-state index is 13.0. The van der Waals surface area contributed by atoms with E-state index in [1.165, 1.54) is 0 Å². The van der Waals surface area contributed by atoms with Crippen molar-refractivity contribution in [3.05, 3.63) is 59.7 Å². The molecule has 0 saturated carbocycles. The molecule has 2 amide bonds. The number of hydrogen-bond donors (Lipinski definition) is 3. The summed E-state index contributed by atoms with van der Waals surface area (Å²) in [5, 5.41) is 14.7. The molecule has 1 unspecified atom stereocenters. The normalized spacial score (nSPS) is 13.5. The SMILES string of the molecule is CCC(CNC(=O)C(CC)(CC)NC(=O)OCC1c2ccccc2-c2ccccc21)CC(=O)O. The number of fused-ring (bicyclic) bond motifs is 3. The van der Waals surface area contributed by atoms with E-state index >= 15 is 0 Å². The highest BCUT2D eigenvalue weighted by Crippen LogP contribution is 2.44. The number of carbonyl (C=O) groups is 3. The van der Waals surface area contributed by atoms with Gasteiger partial charge in [0, 0.05) is 18.9 Å². The van der Waals surface area contributed by atoms with Crippen LogP contribution in [0.4, 0.5) is 4.79 Å². The van der Waals surface area contributed by atoms with Crippen LogP contribution in [0, 0.1) is 5.92 Å². The van der Waals surface area contributed by atoms with Crippen LogP contribution in [-0.4, -0.2) is 41.8 Å². The molecule has 3 rings (SSSR count). The monoisotopic (exact) mass is 466 g/mol. The molecule has 0 aromatic heterocycles. The lowest BCUT2D eigenvalue weighted by atomic mass is 9.91. The van der Waals surface area contributed by atoms with Crippen molar-refractivity contribution in [3.8, 4) is 11.1 Å². The van der Waals surface area contributed by atoms with Crippen LogP contribution < -0.4 is 10.6 Å². The summed E-state index contributed by atoms with van der Waals surface area (Å²) in [5.74, 6) is -1.45. The summed E-state index contributed by atoms with van der Waals surface area (Å²) in [6.45, 7) is 5.97. The van der Waals surface area contributed by atoms with E-state index in [4.69, 9.17) is 9.84 Å². The first-order valence-electron chi connectivity index (χ1n) is 12.0. The van der Waals surface area contributed by atoms with E-state index in [1.807, 2.05) is 45.0 Å². The zero-order chi connectivity index (χ0) is 24.7. The molecule has 34 heavy (non-hydrogen) atoms. The van der Waals surface area contributed by atoms with Gasteiger partial charge in [-0.05, 0) is 41.0 Å². The number of carboxylic acid groups (broad SMARTS) is 1. The second kappa shape index (κ2) is 11.2. The average molecular weight is 467 g/mol. The zero-order valence-electron chi connectivity index (χ0n) is 20.1. The highest BCUT2D eigenvalue weighted by molar-refractivity contribution is 5.90. The summed E-state index contributed by atoms with van der Waals surface area (Å²) in [4.78, 5) is 36.9. The largest absolute Gasteiger partial charge is 0.481 e. The Bertz CT molecular complexity index is 986. The third-order valence-corrected chi connectivity index (χ3v) is 6.92. The van der Waals surface area contributed by atoms with Crippen molar-refractivity contribution >= 4 is 18.0 Å². The standard InChI is InChI=1S/C27H34N2O5/c1-4-18(15-24(30)31)16-28-25(32)27(5-2,6-3)29-26(33)34-17-23-21-13-9-7-11-19(21)20-12-8-10-14-22(20)23/h7-14,18,23H,4-6,15-17H2,1-3H3,(H,28,32)(H,29,33)(H,30,31). The van der Waals surface area contributed by atoms with Crippen LogP contribution in [0.5, 0.6) is 0 Å². The van der Waals surface area contributed by atoms with Gasteiger partial charge in [-0.25, -0.2) is 4.79 Å². The Hall–Kier alpha value is -3.35. The average Bonchev–Trinajstić information content (AvgIpc) is 3.17. The van der Waals surface area contributed by atoms with Gasteiger partial charge in [-0.1, -0.05) is 75.7 Å². The Labute approximate surface area is 200 Å². The molecule has 7 nitrogen and oxygen atoms in total. The quantitative estimate of drug-likeness (QED) is 0.445. The number of alkyl carbamates (subject to hydrolysis) is 1. The summed E-state index contributed by atoms with van der Waals surface area (Å²) in [5.41, 5.74) is 3.42. The fourth-order valence-electron chi connectivity index (χ4n) is 4.65. The number of hydrogen-bond acceptors (Lipinski definition) is 4. The number of rotatable bonds is 11. The van der Waals surface area contributed by atoms with Gasteiger partial charge < -0.3 is 20.5 Å². The van der Waals surface area contributed by atoms with Gasteiger partial charge >= 0.3 is 12.1 Å². The van der Waals surface area contributed by atoms with Gasteiger partial charge in [-0.2, -0.15) is 0 Å². The maximum Gasteiger partial charge on any atom is 0.408 e. The molecule has 1 aliphatic carbocycles. The second-order valence-electron chi connectivity index (χ2n) is 8.82. The van der Waals surface area contributed by atoms with Crippen molar-refractivity contribution in [2.24, 2.45) is 5.92 Å². The molecule has 0 spiro atoms. The molecule has 0 aliphatic heterocycles. The summed E-state index contributed by atoms with van der Waals surface area (Å²) in [7, 11) is 0. The predicted octanol–water partition coefficient (Wildman–Crippen LogP) is 4.70. The maximum absolute atomic E-state index is 13.0. The van der Waals surface area contributed by atoms with Crippen LogP contribution in [0.3, 0.4) is 0 Å². The van der Waals surface area contributed by atoms with Gasteiger partial charge in [-0.3, -0.25) is 9.59 Å². The molecule has 2 aromatic carbocycles. The van der Waals surface area contributed by atoms with Crippen LogP contribution >= 0.6 is 0 Å². The molecule has 2 aromatic rings. The Morgan fingerprint density at radius 2 is 1.53 bits per heavy atom. The van der Waals surface area contributed by atoms with E-state index in [9.17, 15) is 14.4 Å². The van der Waals surface area contributed by atoms with Crippen LogP contribution in [0.15, 0.2) is 48.5 Å². The van der Waals surface area contributed by atoms with Crippen LogP contribution in [0.25, 0.3) is 11.1 Å². The van der Waals surface area contributed by atoms with Crippen molar-refractivity contribution in [3.63, 3.8) is 0 Å². The lowest BCUT2D eigenvalue weighted by Crippen LogP contribution is -2.58. The van der Waals surface area contributed by atoms with Crippen molar-refractivity contribution in [2.45, 2.75) is 57.9 Å². The number of aliphatic carboxylic acids is 1. The van der Waals surface area contributed by atoms with Gasteiger partial charge in [0.2, 0.25) is 5.91 Å². The minimum Gasteiger partial charge on any atom is -0.481 e. The molecular weight excluding hydrogens is 432 g/mol. The topological polar surface area (TPSA) is 105 Å². The Kier molecular flexibility index (Phi) is 8.31. The minimum absolute atomic E-state index is 0.0121. The Morgan fingerprint density at radius 1 is 0.971 bits per heavy atom. The lowest BCUT2D eigenvalue weighted by molar-refractivity contribution is -0.138. The van der Waals surface area contributed by atoms with E-state index in [0.717, 1.165) is 22.3 Å². The molecule has 0 fully saturated rings. The fraction of sp³-hybridized carbons (Fsp3) is 0.444. The Morgan fingerprint density at radius 3 is 2.03 bits per heavy atom.